The van der Waals surface area contributed by atoms with Gasteiger partial charge in [0.2, 0.25) is 0 Å². The van der Waals surface area contributed by atoms with E-state index in [1.54, 1.807) is 10.9 Å². The van der Waals surface area contributed by atoms with Crippen LogP contribution >= 0.6 is 0 Å². The van der Waals surface area contributed by atoms with Crippen molar-refractivity contribution >= 4 is 0 Å². The van der Waals surface area contributed by atoms with Crippen LogP contribution in [0.3, 0.4) is 0 Å². The third-order valence-electron chi connectivity index (χ3n) is 2.01. The van der Waals surface area contributed by atoms with Gasteiger partial charge in [-0.15, -0.1) is 5.10 Å². The number of nitrogens with two attached hydrogens (primary N) is 1. The number of rotatable bonds is 2. The van der Waals surface area contributed by atoms with Gasteiger partial charge in [0.25, 0.3) is 0 Å². The molecule has 5 nitrogen and oxygen atoms in total. The molecule has 0 radical (unpaired) electrons. The molecule has 72 valence electrons. The highest BCUT2D eigenvalue weighted by atomic mass is 15.3. The van der Waals surface area contributed by atoms with Crippen LogP contribution in [0.2, 0.25) is 0 Å². The second-order valence-electron chi connectivity index (χ2n) is 2.97. The SMILES string of the molecule is Cc1nn(-c2cccnn2)cc1CN. The molecule has 0 saturated heterocycles. The summed E-state index contributed by atoms with van der Waals surface area (Å²) in [7, 11) is 0. The summed E-state index contributed by atoms with van der Waals surface area (Å²) in [4.78, 5) is 0. The van der Waals surface area contributed by atoms with Gasteiger partial charge in [0.05, 0.1) is 5.69 Å². The van der Waals surface area contributed by atoms with E-state index in [1.165, 1.54) is 0 Å². The number of aromatic nitrogens is 4. The first-order valence-electron chi connectivity index (χ1n) is 4.34. The zero-order valence-electron chi connectivity index (χ0n) is 7.88. The number of hydrogen-bond acceptors (Lipinski definition) is 4. The topological polar surface area (TPSA) is 69.6 Å². The molecule has 0 aliphatic heterocycles. The lowest BCUT2D eigenvalue weighted by molar-refractivity contribution is 0.803. The van der Waals surface area contributed by atoms with E-state index in [-0.39, 0.29) is 0 Å². The van der Waals surface area contributed by atoms with Gasteiger partial charge in [-0.25, -0.2) is 4.68 Å². The third kappa shape index (κ3) is 1.49. The fourth-order valence-electron chi connectivity index (χ4n) is 1.23. The molecule has 2 aromatic rings. The highest BCUT2D eigenvalue weighted by Gasteiger charge is 2.04. The van der Waals surface area contributed by atoms with Crippen molar-refractivity contribution in [1.29, 1.82) is 0 Å². The van der Waals surface area contributed by atoms with E-state index in [2.05, 4.69) is 15.3 Å². The van der Waals surface area contributed by atoms with Gasteiger partial charge >= 0.3 is 0 Å². The van der Waals surface area contributed by atoms with Gasteiger partial charge in [-0.3, -0.25) is 0 Å². The number of nitrogens with zero attached hydrogens (tertiary/aromatic N) is 4. The van der Waals surface area contributed by atoms with Gasteiger partial charge < -0.3 is 5.73 Å². The number of aryl methyl sites for hydroxylation is 1. The predicted octanol–water partition coefficient (Wildman–Crippen LogP) is 0.429. The highest BCUT2D eigenvalue weighted by Crippen LogP contribution is 2.08. The molecule has 2 N–H and O–H groups in total. The van der Waals surface area contributed by atoms with E-state index in [0.29, 0.717) is 12.4 Å². The molecule has 0 bridgehead atoms. The van der Waals surface area contributed by atoms with E-state index in [0.717, 1.165) is 11.3 Å². The Kier molecular flexibility index (Phi) is 2.24. The summed E-state index contributed by atoms with van der Waals surface area (Å²) < 4.78 is 1.69. The molecule has 0 aromatic carbocycles. The maximum Gasteiger partial charge on any atom is 0.175 e. The van der Waals surface area contributed by atoms with Gasteiger partial charge in [-0.2, -0.15) is 10.2 Å². The van der Waals surface area contributed by atoms with Crippen LogP contribution in [0.5, 0.6) is 0 Å². The zero-order chi connectivity index (χ0) is 9.97. The summed E-state index contributed by atoms with van der Waals surface area (Å²) in [6.45, 7) is 2.42. The van der Waals surface area contributed by atoms with Crippen molar-refractivity contribution in [3.05, 3.63) is 35.8 Å². The van der Waals surface area contributed by atoms with Crippen LogP contribution in [0.25, 0.3) is 5.82 Å². The van der Waals surface area contributed by atoms with Crippen LogP contribution in [-0.2, 0) is 6.54 Å². The first kappa shape index (κ1) is 8.83. The first-order valence-corrected chi connectivity index (χ1v) is 4.34. The van der Waals surface area contributed by atoms with Gasteiger partial charge in [-0.1, -0.05) is 0 Å². The molecule has 5 heteroatoms. The maximum atomic E-state index is 5.55. The van der Waals surface area contributed by atoms with Crippen LogP contribution in [-0.4, -0.2) is 20.0 Å². The second-order valence-corrected chi connectivity index (χ2v) is 2.97. The molecule has 0 fully saturated rings. The third-order valence-corrected chi connectivity index (χ3v) is 2.01. The van der Waals surface area contributed by atoms with Crippen molar-refractivity contribution in [2.75, 3.05) is 0 Å². The smallest absolute Gasteiger partial charge is 0.175 e. The Labute approximate surface area is 81.6 Å². The Morgan fingerprint density at radius 1 is 1.50 bits per heavy atom. The predicted molar refractivity (Wildman–Crippen MR) is 51.8 cm³/mol. The Morgan fingerprint density at radius 2 is 2.36 bits per heavy atom. The average Bonchev–Trinajstić information content (AvgIpc) is 2.61. The second kappa shape index (κ2) is 3.55. The van der Waals surface area contributed by atoms with Gasteiger partial charge in [0.1, 0.15) is 0 Å². The van der Waals surface area contributed by atoms with Crippen LogP contribution in [0, 0.1) is 6.92 Å². The molecule has 0 saturated carbocycles. The number of hydrogen-bond donors (Lipinski definition) is 1. The monoisotopic (exact) mass is 189 g/mol. The molecular weight excluding hydrogens is 178 g/mol. The van der Waals surface area contributed by atoms with E-state index in [1.807, 2.05) is 25.3 Å². The normalized spacial score (nSPS) is 10.4. The van der Waals surface area contributed by atoms with E-state index in [4.69, 9.17) is 5.73 Å². The van der Waals surface area contributed by atoms with Crippen molar-refractivity contribution in [3.8, 4) is 5.82 Å². The zero-order valence-corrected chi connectivity index (χ0v) is 7.88. The molecule has 2 rings (SSSR count). The Morgan fingerprint density at radius 3 is 2.93 bits per heavy atom. The van der Waals surface area contributed by atoms with Crippen molar-refractivity contribution in [2.45, 2.75) is 13.5 Å². The molecule has 0 aliphatic rings. The summed E-state index contributed by atoms with van der Waals surface area (Å²) >= 11 is 0. The van der Waals surface area contributed by atoms with E-state index < -0.39 is 0 Å². The minimum absolute atomic E-state index is 0.492. The van der Waals surface area contributed by atoms with Crippen LogP contribution < -0.4 is 5.73 Å². The summed E-state index contributed by atoms with van der Waals surface area (Å²) in [6.07, 6.45) is 3.50. The minimum Gasteiger partial charge on any atom is -0.326 e. The molecule has 14 heavy (non-hydrogen) atoms. The average molecular weight is 189 g/mol. The maximum absolute atomic E-state index is 5.55. The van der Waals surface area contributed by atoms with Crippen molar-refractivity contribution in [2.24, 2.45) is 5.73 Å². The van der Waals surface area contributed by atoms with Crippen molar-refractivity contribution in [3.63, 3.8) is 0 Å². The quantitative estimate of drug-likeness (QED) is 0.743. The lowest BCUT2D eigenvalue weighted by atomic mass is 10.3. The fourth-order valence-corrected chi connectivity index (χ4v) is 1.23. The van der Waals surface area contributed by atoms with Crippen LogP contribution in [0.1, 0.15) is 11.3 Å². The molecular formula is C9H11N5. The molecule has 2 aromatic heterocycles. The molecule has 0 amide bonds. The Balaban J connectivity index is 2.43. The van der Waals surface area contributed by atoms with Crippen molar-refractivity contribution < 1.29 is 0 Å². The van der Waals surface area contributed by atoms with Gasteiger partial charge in [0.15, 0.2) is 5.82 Å². The molecule has 0 unspecified atom stereocenters. The largest absolute Gasteiger partial charge is 0.326 e. The standard InChI is InChI=1S/C9H11N5/c1-7-8(5-10)6-14(13-7)9-3-2-4-11-12-9/h2-4,6H,5,10H2,1H3. The Hall–Kier alpha value is -1.75. The summed E-state index contributed by atoms with van der Waals surface area (Å²) in [5, 5.41) is 12.0. The molecule has 0 aliphatic carbocycles. The lowest BCUT2D eigenvalue weighted by Crippen LogP contribution is -1.99. The fraction of sp³-hybridized carbons (Fsp3) is 0.222. The van der Waals surface area contributed by atoms with Crippen LogP contribution in [0.15, 0.2) is 24.5 Å². The van der Waals surface area contributed by atoms with Crippen molar-refractivity contribution in [1.82, 2.24) is 20.0 Å². The van der Waals surface area contributed by atoms with Gasteiger partial charge in [-0.05, 0) is 19.1 Å². The van der Waals surface area contributed by atoms with E-state index >= 15 is 0 Å². The van der Waals surface area contributed by atoms with E-state index in [9.17, 15) is 0 Å². The summed E-state index contributed by atoms with van der Waals surface area (Å²) in [5.41, 5.74) is 7.51. The molecule has 0 atom stereocenters. The molecule has 0 spiro atoms. The Bertz CT molecular complexity index is 420. The lowest BCUT2D eigenvalue weighted by Gasteiger charge is -1.96. The molecule has 2 heterocycles. The van der Waals surface area contributed by atoms with Crippen LogP contribution in [0.4, 0.5) is 0 Å². The minimum atomic E-state index is 0.492. The summed E-state index contributed by atoms with van der Waals surface area (Å²) in [5.74, 6) is 0.704. The first-order chi connectivity index (χ1) is 6.81. The summed E-state index contributed by atoms with van der Waals surface area (Å²) in [6, 6.07) is 3.67. The van der Waals surface area contributed by atoms with Gasteiger partial charge in [0, 0.05) is 24.5 Å². The highest BCUT2D eigenvalue weighted by molar-refractivity contribution is 5.24.